The molecule has 0 N–H and O–H groups in total. The number of rotatable bonds is 3. The molecule has 4 fully saturated rings. The summed E-state index contributed by atoms with van der Waals surface area (Å²) < 4.78 is 5.02. The van der Waals surface area contributed by atoms with Crippen LogP contribution in [0.1, 0.15) is 78.6 Å². The van der Waals surface area contributed by atoms with Crippen molar-refractivity contribution in [2.45, 2.75) is 78.6 Å². The van der Waals surface area contributed by atoms with E-state index in [1.807, 2.05) is 0 Å². The van der Waals surface area contributed by atoms with Crippen LogP contribution in [0.15, 0.2) is 0 Å². The molecule has 150 valence electrons. The lowest BCUT2D eigenvalue weighted by molar-refractivity contribution is -0.151. The summed E-state index contributed by atoms with van der Waals surface area (Å²) >= 11 is 0. The van der Waals surface area contributed by atoms with Crippen molar-refractivity contribution in [1.82, 2.24) is 0 Å². The molecule has 0 aromatic rings. The van der Waals surface area contributed by atoms with Crippen molar-refractivity contribution in [3.05, 3.63) is 0 Å². The molecule has 0 saturated heterocycles. The monoisotopic (exact) mass is 374 g/mol. The lowest BCUT2D eigenvalue weighted by Gasteiger charge is -2.60. The van der Waals surface area contributed by atoms with Gasteiger partial charge in [0.2, 0.25) is 0 Å². The van der Waals surface area contributed by atoms with E-state index >= 15 is 0 Å². The molecule has 4 saturated carbocycles. The molecule has 7 atom stereocenters. The molecule has 0 radical (unpaired) electrons. The second kappa shape index (κ2) is 6.70. The summed E-state index contributed by atoms with van der Waals surface area (Å²) in [6.07, 6.45) is 9.41. The summed E-state index contributed by atoms with van der Waals surface area (Å²) in [5.74, 6) is 2.86. The number of Topliss-reactive ketones (excluding diaryl/α,β-unsaturated/α-hetero) is 2. The van der Waals surface area contributed by atoms with Crippen molar-refractivity contribution in [1.29, 1.82) is 0 Å². The Morgan fingerprint density at radius 3 is 2.48 bits per heavy atom. The highest BCUT2D eigenvalue weighted by molar-refractivity contribution is 5.85. The Labute approximate surface area is 162 Å². The Balaban J connectivity index is 1.53. The number of esters is 1. The van der Waals surface area contributed by atoms with Crippen molar-refractivity contribution in [2.24, 2.45) is 40.4 Å². The van der Waals surface area contributed by atoms with E-state index in [-0.39, 0.29) is 29.7 Å². The minimum Gasteiger partial charge on any atom is -0.458 e. The minimum atomic E-state index is -0.371. The molecule has 4 heteroatoms. The highest BCUT2D eigenvalue weighted by Crippen LogP contribution is 2.67. The molecule has 4 aliphatic carbocycles. The van der Waals surface area contributed by atoms with Gasteiger partial charge in [-0.1, -0.05) is 13.8 Å². The van der Waals surface area contributed by atoms with Crippen LogP contribution in [0.3, 0.4) is 0 Å². The van der Waals surface area contributed by atoms with Gasteiger partial charge in [0.05, 0.1) is 0 Å². The van der Waals surface area contributed by atoms with E-state index in [1.165, 1.54) is 26.2 Å². The maximum absolute atomic E-state index is 12.8. The fourth-order valence-corrected chi connectivity index (χ4v) is 7.85. The Morgan fingerprint density at radius 1 is 1.00 bits per heavy atom. The van der Waals surface area contributed by atoms with Crippen LogP contribution in [0.4, 0.5) is 0 Å². The van der Waals surface area contributed by atoms with Gasteiger partial charge in [-0.3, -0.25) is 14.4 Å². The van der Waals surface area contributed by atoms with Crippen LogP contribution in [-0.4, -0.2) is 24.1 Å². The predicted octanol–water partition coefficient (Wildman–Crippen LogP) is 4.35. The highest BCUT2D eigenvalue weighted by atomic mass is 16.5. The molecule has 0 aromatic heterocycles. The van der Waals surface area contributed by atoms with Gasteiger partial charge in [0, 0.05) is 25.7 Å². The van der Waals surface area contributed by atoms with Crippen LogP contribution in [-0.2, 0) is 19.1 Å². The predicted molar refractivity (Wildman–Crippen MR) is 102 cm³/mol. The summed E-state index contributed by atoms with van der Waals surface area (Å²) in [6.45, 7) is 6.10. The summed E-state index contributed by atoms with van der Waals surface area (Å²) in [4.78, 5) is 35.9. The Hall–Kier alpha value is -1.19. The second-order valence-electron chi connectivity index (χ2n) is 10.3. The third kappa shape index (κ3) is 2.98. The standard InChI is InChI=1S/C23H34O4/c1-14(24)27-13-21(26)20-7-6-18-17-5-4-15-12-16(25)8-10-22(15,2)19(17)9-11-23(18,20)3/h15,17-20H,4-13H2,1-3H3/t15-,17-,18+,19+,20-,22-,23-/m0/s1. The van der Waals surface area contributed by atoms with Gasteiger partial charge in [-0.15, -0.1) is 0 Å². The second-order valence-corrected chi connectivity index (χ2v) is 10.3. The van der Waals surface area contributed by atoms with E-state index in [9.17, 15) is 14.4 Å². The average Bonchev–Trinajstić information content (AvgIpc) is 2.97. The Bertz CT molecular complexity index is 655. The average molecular weight is 375 g/mol. The van der Waals surface area contributed by atoms with E-state index in [0.717, 1.165) is 38.5 Å². The summed E-state index contributed by atoms with van der Waals surface area (Å²) in [5.41, 5.74) is 0.379. The first-order valence-corrected chi connectivity index (χ1v) is 10.9. The van der Waals surface area contributed by atoms with Crippen molar-refractivity contribution in [3.8, 4) is 0 Å². The number of carbonyl (C=O) groups excluding carboxylic acids is 3. The van der Waals surface area contributed by atoms with Gasteiger partial charge in [-0.25, -0.2) is 0 Å². The topological polar surface area (TPSA) is 60.4 Å². The molecular formula is C23H34O4. The van der Waals surface area contributed by atoms with Gasteiger partial charge >= 0.3 is 5.97 Å². The zero-order valence-electron chi connectivity index (χ0n) is 17.1. The molecule has 4 rings (SSSR count). The number of fused-ring (bicyclic) bond motifs is 5. The number of ether oxygens (including phenoxy) is 1. The van der Waals surface area contributed by atoms with Crippen LogP contribution >= 0.6 is 0 Å². The van der Waals surface area contributed by atoms with Crippen LogP contribution in [0.5, 0.6) is 0 Å². The lowest BCUT2D eigenvalue weighted by Crippen LogP contribution is -2.54. The van der Waals surface area contributed by atoms with Gasteiger partial charge in [0.1, 0.15) is 12.4 Å². The van der Waals surface area contributed by atoms with Crippen molar-refractivity contribution in [3.63, 3.8) is 0 Å². The van der Waals surface area contributed by atoms with Crippen molar-refractivity contribution in [2.75, 3.05) is 6.61 Å². The fraction of sp³-hybridized carbons (Fsp3) is 0.870. The normalized spacial score (nSPS) is 46.2. The zero-order valence-corrected chi connectivity index (χ0v) is 17.1. The van der Waals surface area contributed by atoms with E-state index in [4.69, 9.17) is 4.74 Å². The minimum absolute atomic E-state index is 0.0428. The highest BCUT2D eigenvalue weighted by Gasteiger charge is 2.61. The first kappa shape index (κ1) is 19.1. The molecule has 0 bridgehead atoms. The first-order chi connectivity index (χ1) is 12.8. The van der Waals surface area contributed by atoms with Gasteiger partial charge in [-0.2, -0.15) is 0 Å². The summed E-state index contributed by atoms with van der Waals surface area (Å²) in [5, 5.41) is 0. The fourth-order valence-electron chi connectivity index (χ4n) is 7.85. The van der Waals surface area contributed by atoms with Gasteiger partial charge in [0.15, 0.2) is 5.78 Å². The third-order valence-corrected chi connectivity index (χ3v) is 9.29. The summed E-state index contributed by atoms with van der Waals surface area (Å²) in [7, 11) is 0. The first-order valence-electron chi connectivity index (χ1n) is 10.9. The quantitative estimate of drug-likeness (QED) is 0.689. The molecule has 4 nitrogen and oxygen atoms in total. The largest absolute Gasteiger partial charge is 0.458 e. The number of hydrogen-bond donors (Lipinski definition) is 0. The number of hydrogen-bond acceptors (Lipinski definition) is 4. The molecule has 0 aliphatic heterocycles. The number of carbonyl (C=O) groups is 3. The SMILES string of the molecule is CC(=O)OCC(=O)[C@@H]1CC[C@@H]2[C@@H]3CC[C@H]4CC(=O)CC[C@]4(C)[C@@H]3CC[C@@]21C. The van der Waals surface area contributed by atoms with Crippen LogP contribution in [0.25, 0.3) is 0 Å². The molecule has 27 heavy (non-hydrogen) atoms. The summed E-state index contributed by atoms with van der Waals surface area (Å²) in [6, 6.07) is 0. The van der Waals surface area contributed by atoms with Crippen LogP contribution in [0.2, 0.25) is 0 Å². The van der Waals surface area contributed by atoms with E-state index in [1.54, 1.807) is 0 Å². The van der Waals surface area contributed by atoms with E-state index in [0.29, 0.717) is 34.9 Å². The maximum Gasteiger partial charge on any atom is 0.303 e. The molecule has 0 amide bonds. The van der Waals surface area contributed by atoms with Crippen molar-refractivity contribution >= 4 is 17.5 Å². The lowest BCUT2D eigenvalue weighted by atomic mass is 9.44. The molecule has 0 unspecified atom stereocenters. The molecule has 4 aliphatic rings. The third-order valence-electron chi connectivity index (χ3n) is 9.29. The van der Waals surface area contributed by atoms with Gasteiger partial charge in [-0.05, 0) is 79.4 Å². The van der Waals surface area contributed by atoms with E-state index < -0.39 is 0 Å². The van der Waals surface area contributed by atoms with Crippen LogP contribution in [0, 0.1) is 40.4 Å². The smallest absolute Gasteiger partial charge is 0.303 e. The molecule has 0 aromatic carbocycles. The van der Waals surface area contributed by atoms with E-state index in [2.05, 4.69) is 13.8 Å². The van der Waals surface area contributed by atoms with Crippen molar-refractivity contribution < 1.29 is 19.1 Å². The number of ketones is 2. The van der Waals surface area contributed by atoms with Crippen LogP contribution < -0.4 is 0 Å². The zero-order chi connectivity index (χ0) is 19.4. The van der Waals surface area contributed by atoms with Gasteiger partial charge < -0.3 is 4.74 Å². The molecule has 0 heterocycles. The maximum atomic E-state index is 12.8. The van der Waals surface area contributed by atoms with Gasteiger partial charge in [0.25, 0.3) is 0 Å². The molecule has 0 spiro atoms. The Kier molecular flexibility index (Phi) is 4.75. The molecular weight excluding hydrogens is 340 g/mol. The Morgan fingerprint density at radius 2 is 1.74 bits per heavy atom.